The fourth-order valence-corrected chi connectivity index (χ4v) is 5.46. The summed E-state index contributed by atoms with van der Waals surface area (Å²) in [7, 11) is 0. The van der Waals surface area contributed by atoms with Crippen LogP contribution in [0.15, 0.2) is 0 Å². The molecule has 40 heavy (non-hydrogen) atoms. The molecule has 0 saturated carbocycles. The highest BCUT2D eigenvalue weighted by Crippen LogP contribution is 2.16. The maximum absolute atomic E-state index is 12.4. The van der Waals surface area contributed by atoms with E-state index in [0.29, 0.717) is 12.8 Å². The maximum Gasteiger partial charge on any atom is 0.249 e. The summed E-state index contributed by atoms with van der Waals surface area (Å²) in [4.78, 5) is 12.4. The standard InChI is InChI=1S/C34H69NO5/c1-3-5-7-9-11-13-15-17-19-21-23-25-27-31(37)33(39)30(29-36)35-34(40)32(38)28-26-24-22-20-18-16-14-12-10-8-6-4-2/h30-33,36-39H,3-29H2,1-2H3,(H,35,40). The van der Waals surface area contributed by atoms with Crippen LogP contribution in [0.2, 0.25) is 0 Å². The molecule has 6 heteroatoms. The van der Waals surface area contributed by atoms with Gasteiger partial charge in [0.15, 0.2) is 0 Å². The first-order valence-electron chi connectivity index (χ1n) is 17.4. The van der Waals surface area contributed by atoms with Crippen molar-refractivity contribution >= 4 is 5.91 Å². The maximum atomic E-state index is 12.4. The first kappa shape index (κ1) is 39.3. The molecular weight excluding hydrogens is 502 g/mol. The van der Waals surface area contributed by atoms with Crippen LogP contribution >= 0.6 is 0 Å². The van der Waals surface area contributed by atoms with Crippen molar-refractivity contribution < 1.29 is 25.2 Å². The second kappa shape index (κ2) is 29.8. The Labute approximate surface area is 248 Å². The van der Waals surface area contributed by atoms with Gasteiger partial charge in [-0.05, 0) is 12.8 Å². The molecule has 4 atom stereocenters. The predicted molar refractivity (Wildman–Crippen MR) is 168 cm³/mol. The molecule has 0 saturated heterocycles. The van der Waals surface area contributed by atoms with Crippen LogP contribution in [0.25, 0.3) is 0 Å². The Morgan fingerprint density at radius 3 is 1.20 bits per heavy atom. The van der Waals surface area contributed by atoms with E-state index in [0.717, 1.165) is 38.5 Å². The van der Waals surface area contributed by atoms with Gasteiger partial charge in [-0.3, -0.25) is 4.79 Å². The third-order valence-electron chi connectivity index (χ3n) is 8.32. The van der Waals surface area contributed by atoms with Crippen LogP contribution in [-0.4, -0.2) is 57.3 Å². The molecule has 4 unspecified atom stereocenters. The molecule has 5 N–H and O–H groups in total. The molecule has 0 aliphatic heterocycles. The molecule has 1 amide bonds. The number of hydrogen-bond acceptors (Lipinski definition) is 5. The lowest BCUT2D eigenvalue weighted by atomic mass is 9.99. The van der Waals surface area contributed by atoms with E-state index in [1.165, 1.54) is 116 Å². The number of aliphatic hydroxyl groups excluding tert-OH is 4. The first-order valence-corrected chi connectivity index (χ1v) is 17.4. The fourth-order valence-electron chi connectivity index (χ4n) is 5.46. The van der Waals surface area contributed by atoms with Crippen LogP contribution in [0.3, 0.4) is 0 Å². The van der Waals surface area contributed by atoms with E-state index in [9.17, 15) is 25.2 Å². The second-order valence-corrected chi connectivity index (χ2v) is 12.2. The van der Waals surface area contributed by atoms with E-state index in [-0.39, 0.29) is 0 Å². The van der Waals surface area contributed by atoms with Crippen molar-refractivity contribution in [3.63, 3.8) is 0 Å². The van der Waals surface area contributed by atoms with Gasteiger partial charge < -0.3 is 25.7 Å². The van der Waals surface area contributed by atoms with E-state index >= 15 is 0 Å². The lowest BCUT2D eigenvalue weighted by Crippen LogP contribution is -2.53. The Morgan fingerprint density at radius 2 is 0.850 bits per heavy atom. The highest BCUT2D eigenvalue weighted by Gasteiger charge is 2.28. The van der Waals surface area contributed by atoms with E-state index < -0.39 is 36.9 Å². The summed E-state index contributed by atoms with van der Waals surface area (Å²) in [5, 5.41) is 43.3. The van der Waals surface area contributed by atoms with Crippen molar-refractivity contribution in [2.45, 2.75) is 205 Å². The van der Waals surface area contributed by atoms with Gasteiger partial charge in [-0.1, -0.05) is 168 Å². The Morgan fingerprint density at radius 1 is 0.525 bits per heavy atom. The molecule has 0 aromatic heterocycles. The van der Waals surface area contributed by atoms with Crippen molar-refractivity contribution in [2.75, 3.05) is 6.61 Å². The molecule has 0 aliphatic carbocycles. The normalized spacial score (nSPS) is 14.7. The van der Waals surface area contributed by atoms with Gasteiger partial charge in [-0.2, -0.15) is 0 Å². The summed E-state index contributed by atoms with van der Waals surface area (Å²) in [5.41, 5.74) is 0. The van der Waals surface area contributed by atoms with Gasteiger partial charge in [0.25, 0.3) is 0 Å². The van der Waals surface area contributed by atoms with Crippen molar-refractivity contribution in [3.05, 3.63) is 0 Å². The molecular formula is C34H69NO5. The summed E-state index contributed by atoms with van der Waals surface area (Å²) in [6.07, 6.45) is 26.9. The predicted octanol–water partition coefficient (Wildman–Crippen LogP) is 7.73. The highest BCUT2D eigenvalue weighted by atomic mass is 16.3. The number of amides is 1. The van der Waals surface area contributed by atoms with Crippen LogP contribution in [0.4, 0.5) is 0 Å². The van der Waals surface area contributed by atoms with Crippen LogP contribution in [0.1, 0.15) is 181 Å². The number of rotatable bonds is 31. The molecule has 0 spiro atoms. The average molecular weight is 572 g/mol. The Balaban J connectivity index is 3.83. The molecule has 0 aliphatic rings. The number of nitrogens with one attached hydrogen (secondary N) is 1. The minimum absolute atomic E-state index is 0.374. The van der Waals surface area contributed by atoms with Crippen LogP contribution in [0.5, 0.6) is 0 Å². The summed E-state index contributed by atoms with van der Waals surface area (Å²) in [6, 6.07) is -0.976. The molecule has 0 heterocycles. The SMILES string of the molecule is CCCCCCCCCCCCCCC(O)C(=O)NC(CO)C(O)C(O)CCCCCCCCCCCCCC. The lowest BCUT2D eigenvalue weighted by molar-refractivity contribution is -0.132. The van der Waals surface area contributed by atoms with Crippen molar-refractivity contribution in [3.8, 4) is 0 Å². The smallest absolute Gasteiger partial charge is 0.249 e. The van der Waals surface area contributed by atoms with E-state index in [1.54, 1.807) is 0 Å². The third-order valence-corrected chi connectivity index (χ3v) is 8.32. The van der Waals surface area contributed by atoms with Gasteiger partial charge in [-0.15, -0.1) is 0 Å². The number of carbonyl (C=O) groups excluding carboxylic acids is 1. The lowest BCUT2D eigenvalue weighted by Gasteiger charge is -2.27. The second-order valence-electron chi connectivity index (χ2n) is 12.2. The number of hydrogen-bond donors (Lipinski definition) is 5. The van der Waals surface area contributed by atoms with Gasteiger partial charge in [0.2, 0.25) is 5.91 Å². The van der Waals surface area contributed by atoms with Gasteiger partial charge in [0.05, 0.1) is 18.8 Å². The van der Waals surface area contributed by atoms with Gasteiger partial charge in [-0.25, -0.2) is 0 Å². The number of aliphatic hydroxyl groups is 4. The van der Waals surface area contributed by atoms with E-state index in [2.05, 4.69) is 19.2 Å². The monoisotopic (exact) mass is 572 g/mol. The summed E-state index contributed by atoms with van der Waals surface area (Å²) in [5.74, 6) is -0.585. The molecule has 0 radical (unpaired) electrons. The van der Waals surface area contributed by atoms with Crippen molar-refractivity contribution in [1.82, 2.24) is 5.32 Å². The fraction of sp³-hybridized carbons (Fsp3) is 0.971. The molecule has 240 valence electrons. The van der Waals surface area contributed by atoms with Gasteiger partial charge in [0.1, 0.15) is 12.2 Å². The topological polar surface area (TPSA) is 110 Å². The molecule has 0 bridgehead atoms. The van der Waals surface area contributed by atoms with E-state index in [1.807, 2.05) is 0 Å². The molecule has 6 nitrogen and oxygen atoms in total. The van der Waals surface area contributed by atoms with Gasteiger partial charge in [0, 0.05) is 0 Å². The quantitative estimate of drug-likeness (QED) is 0.0547. The Hall–Kier alpha value is -0.690. The Kier molecular flexibility index (Phi) is 29.3. The minimum atomic E-state index is -1.25. The number of carbonyl (C=O) groups is 1. The van der Waals surface area contributed by atoms with Crippen LogP contribution in [-0.2, 0) is 4.79 Å². The zero-order valence-corrected chi connectivity index (χ0v) is 26.6. The van der Waals surface area contributed by atoms with Crippen molar-refractivity contribution in [1.29, 1.82) is 0 Å². The molecule has 0 aromatic carbocycles. The minimum Gasteiger partial charge on any atom is -0.394 e. The molecule has 0 rings (SSSR count). The average Bonchev–Trinajstić information content (AvgIpc) is 2.96. The summed E-state index contributed by atoms with van der Waals surface area (Å²) in [6.45, 7) is 4.01. The summed E-state index contributed by atoms with van der Waals surface area (Å²) >= 11 is 0. The van der Waals surface area contributed by atoms with E-state index in [4.69, 9.17) is 0 Å². The van der Waals surface area contributed by atoms with Crippen molar-refractivity contribution in [2.24, 2.45) is 0 Å². The molecule has 0 fully saturated rings. The zero-order valence-electron chi connectivity index (χ0n) is 26.6. The summed E-state index contributed by atoms with van der Waals surface area (Å²) < 4.78 is 0. The highest BCUT2D eigenvalue weighted by molar-refractivity contribution is 5.80. The largest absolute Gasteiger partial charge is 0.394 e. The third kappa shape index (κ3) is 24.0. The molecule has 0 aromatic rings. The zero-order chi connectivity index (χ0) is 29.7. The van der Waals surface area contributed by atoms with Gasteiger partial charge >= 0.3 is 0 Å². The number of unbranched alkanes of at least 4 members (excludes halogenated alkanes) is 22. The Bertz CT molecular complexity index is 532. The van der Waals surface area contributed by atoms with Crippen LogP contribution < -0.4 is 5.32 Å². The first-order chi connectivity index (χ1) is 19.5. The van der Waals surface area contributed by atoms with Crippen LogP contribution in [0, 0.1) is 0 Å².